The zero-order valence-corrected chi connectivity index (χ0v) is 17.3. The molecule has 1 aliphatic rings. The maximum atomic E-state index is 12.8. The molecule has 0 radical (unpaired) electrons. The van der Waals surface area contributed by atoms with Crippen molar-refractivity contribution in [3.63, 3.8) is 0 Å². The number of quaternary nitrogens is 1. The van der Waals surface area contributed by atoms with Gasteiger partial charge in [0.1, 0.15) is 12.7 Å². The van der Waals surface area contributed by atoms with Crippen molar-refractivity contribution in [1.29, 1.82) is 0 Å². The molecule has 1 unspecified atom stereocenters. The number of carbonyl (C=O) groups excluding carboxylic acids is 1. The first-order chi connectivity index (χ1) is 14.3. The summed E-state index contributed by atoms with van der Waals surface area (Å²) in [4.78, 5) is 24.4. The predicted molar refractivity (Wildman–Crippen MR) is 119 cm³/mol. The highest BCUT2D eigenvalue weighted by atomic mass is 35.5. The molecule has 1 atom stereocenters. The van der Waals surface area contributed by atoms with Crippen LogP contribution in [-0.4, -0.2) is 23.4 Å². The normalized spacial score (nSPS) is 18.2. The van der Waals surface area contributed by atoms with E-state index >= 15 is 0 Å². The maximum Gasteiger partial charge on any atom is 0.345 e. The van der Waals surface area contributed by atoms with E-state index in [0.717, 1.165) is 12.0 Å². The van der Waals surface area contributed by atoms with E-state index in [1.807, 2.05) is 25.1 Å². The molecular weight excluding hydrogens is 400 g/mol. The molecule has 0 amide bonds. The highest BCUT2D eigenvalue weighted by molar-refractivity contribution is 6.33. The Morgan fingerprint density at radius 1 is 1.07 bits per heavy atom. The Morgan fingerprint density at radius 3 is 2.50 bits per heavy atom. The molecular formula is C24H22ClN2O3+. The number of aryl methyl sites for hydroxylation is 2. The Bertz CT molecular complexity index is 1210. The van der Waals surface area contributed by atoms with Crippen molar-refractivity contribution < 1.29 is 14.7 Å². The molecule has 1 heterocycles. The maximum absolute atomic E-state index is 12.8. The van der Waals surface area contributed by atoms with Gasteiger partial charge in [-0.25, -0.2) is 4.79 Å². The van der Waals surface area contributed by atoms with Crippen molar-refractivity contribution in [2.45, 2.75) is 19.8 Å². The van der Waals surface area contributed by atoms with Gasteiger partial charge in [-0.15, -0.1) is 0 Å². The van der Waals surface area contributed by atoms with Crippen molar-refractivity contribution in [1.82, 2.24) is 4.59 Å². The van der Waals surface area contributed by atoms with Crippen LogP contribution in [0, 0.1) is 0 Å². The summed E-state index contributed by atoms with van der Waals surface area (Å²) in [6, 6.07) is 17.8. The van der Waals surface area contributed by atoms with Crippen LogP contribution in [0.15, 0.2) is 66.4 Å². The second-order valence-corrected chi connectivity index (χ2v) is 7.93. The summed E-state index contributed by atoms with van der Waals surface area (Å²) in [5.41, 5.74) is 2.50. The molecule has 0 spiro atoms. The van der Waals surface area contributed by atoms with Crippen LogP contribution in [-0.2, 0) is 17.6 Å². The number of Topliss-reactive ketones (excluding diaryl/α,β-unsaturated/α-hetero) is 1. The lowest BCUT2D eigenvalue weighted by Crippen LogP contribution is -2.54. The lowest BCUT2D eigenvalue weighted by molar-refractivity contribution is -0.132. The molecule has 0 saturated carbocycles. The van der Waals surface area contributed by atoms with E-state index in [4.69, 9.17) is 17.4 Å². The highest BCUT2D eigenvalue weighted by Crippen LogP contribution is 2.37. The number of nitrogens with two attached hydrogens (primary N) is 1. The fourth-order valence-electron chi connectivity index (χ4n) is 4.02. The fourth-order valence-corrected chi connectivity index (χ4v) is 4.28. The number of nitrogens with zero attached hydrogens (tertiary/aromatic N) is 1. The van der Waals surface area contributed by atoms with Crippen molar-refractivity contribution >= 4 is 39.8 Å². The average molecular weight is 422 g/mol. The minimum atomic E-state index is -1.28. The summed E-state index contributed by atoms with van der Waals surface area (Å²) in [6.07, 6.45) is 2.65. The first kappa shape index (κ1) is 20.3. The molecule has 3 aromatic carbocycles. The Balaban J connectivity index is 1.72. The van der Waals surface area contributed by atoms with Crippen molar-refractivity contribution in [3.05, 3.63) is 88.1 Å². The summed E-state index contributed by atoms with van der Waals surface area (Å²) in [6.45, 7) is 2.22. The van der Waals surface area contributed by atoms with Gasteiger partial charge in [0.05, 0.1) is 5.56 Å². The summed E-state index contributed by atoms with van der Waals surface area (Å²) < 4.78 is -0.272. The van der Waals surface area contributed by atoms with Gasteiger partial charge >= 0.3 is 5.97 Å². The Hall–Kier alpha value is -2.99. The number of hydrogen-bond donors (Lipinski definition) is 2. The third kappa shape index (κ3) is 3.41. The van der Waals surface area contributed by atoms with E-state index in [-0.39, 0.29) is 10.2 Å². The topological polar surface area (TPSA) is 80.4 Å². The molecule has 30 heavy (non-hydrogen) atoms. The third-order valence-corrected chi connectivity index (χ3v) is 6.11. The standard InChI is InChI=1S/C24H21ClN2O3/c1-2-27(26)14-20(24(29)30)23(28)19-12-17(21(25)13-22(19)27)11-10-16-8-5-7-15-6-3-4-9-18(15)16/h3-9,12-14H,2,10-11,26H2,1H3/p+1. The van der Waals surface area contributed by atoms with Crippen molar-refractivity contribution in [2.75, 3.05) is 6.54 Å². The van der Waals surface area contributed by atoms with Gasteiger partial charge < -0.3 is 5.11 Å². The van der Waals surface area contributed by atoms with Crippen LogP contribution in [0.2, 0.25) is 5.02 Å². The second kappa shape index (κ2) is 7.69. The highest BCUT2D eigenvalue weighted by Gasteiger charge is 2.40. The molecule has 5 nitrogen and oxygen atoms in total. The zero-order valence-electron chi connectivity index (χ0n) is 16.6. The first-order valence-electron chi connectivity index (χ1n) is 9.81. The fraction of sp³-hybridized carbons (Fsp3) is 0.167. The molecule has 4 rings (SSSR count). The van der Waals surface area contributed by atoms with Crippen LogP contribution >= 0.6 is 11.6 Å². The van der Waals surface area contributed by atoms with Gasteiger partial charge in [0.2, 0.25) is 5.78 Å². The Kier molecular flexibility index (Phi) is 5.20. The van der Waals surface area contributed by atoms with Crippen LogP contribution in [0.25, 0.3) is 10.8 Å². The molecule has 0 saturated heterocycles. The molecule has 0 fully saturated rings. The summed E-state index contributed by atoms with van der Waals surface area (Å²) in [5, 5.41) is 12.3. The number of halogens is 1. The smallest absolute Gasteiger partial charge is 0.345 e. The van der Waals surface area contributed by atoms with Gasteiger partial charge in [0.25, 0.3) is 0 Å². The minimum absolute atomic E-state index is 0.272. The number of benzene rings is 3. The predicted octanol–water partition coefficient (Wildman–Crippen LogP) is 4.64. The largest absolute Gasteiger partial charge is 0.477 e. The van der Waals surface area contributed by atoms with Gasteiger partial charge in [-0.05, 0) is 47.7 Å². The van der Waals surface area contributed by atoms with E-state index in [2.05, 4.69) is 24.3 Å². The Labute approximate surface area is 179 Å². The monoisotopic (exact) mass is 421 g/mol. The molecule has 6 heteroatoms. The number of fused-ring (bicyclic) bond motifs is 2. The van der Waals surface area contributed by atoms with E-state index in [1.165, 1.54) is 22.5 Å². The summed E-state index contributed by atoms with van der Waals surface area (Å²) >= 11 is 6.56. The number of carboxylic acid groups (broad SMARTS) is 1. The SMILES string of the molecule is CC[N+]1(N)C=C(C(=O)O)C(=O)c2cc(CCc3cccc4ccccc34)c(Cl)cc21. The second-order valence-electron chi connectivity index (χ2n) is 7.52. The molecule has 1 aliphatic heterocycles. The molecule has 0 bridgehead atoms. The first-order valence-corrected chi connectivity index (χ1v) is 10.2. The quantitative estimate of drug-likeness (QED) is 0.357. The molecule has 3 N–H and O–H groups in total. The van der Waals surface area contributed by atoms with Crippen LogP contribution in [0.4, 0.5) is 5.69 Å². The van der Waals surface area contributed by atoms with Gasteiger partial charge in [-0.3, -0.25) is 4.79 Å². The van der Waals surface area contributed by atoms with Gasteiger partial charge in [-0.2, -0.15) is 10.4 Å². The lowest BCUT2D eigenvalue weighted by atomic mass is 9.93. The minimum Gasteiger partial charge on any atom is -0.477 e. The number of rotatable bonds is 5. The lowest BCUT2D eigenvalue weighted by Gasteiger charge is -2.32. The zero-order chi connectivity index (χ0) is 21.5. The van der Waals surface area contributed by atoms with Crippen LogP contribution in [0.1, 0.15) is 28.4 Å². The average Bonchev–Trinajstić information content (AvgIpc) is 2.75. The van der Waals surface area contributed by atoms with Gasteiger partial charge in [-0.1, -0.05) is 54.1 Å². The molecule has 3 aromatic rings. The van der Waals surface area contributed by atoms with E-state index in [1.54, 1.807) is 12.1 Å². The van der Waals surface area contributed by atoms with Crippen molar-refractivity contribution in [2.24, 2.45) is 5.84 Å². The van der Waals surface area contributed by atoms with Gasteiger partial charge in [0, 0.05) is 11.1 Å². The molecule has 0 aliphatic carbocycles. The van der Waals surface area contributed by atoms with Crippen molar-refractivity contribution in [3.8, 4) is 0 Å². The molecule has 152 valence electrons. The number of hydrogen-bond acceptors (Lipinski definition) is 3. The number of ketones is 1. The van der Waals surface area contributed by atoms with Gasteiger partial charge in [0.15, 0.2) is 11.3 Å². The van der Waals surface area contributed by atoms with E-state index in [0.29, 0.717) is 29.2 Å². The van der Waals surface area contributed by atoms with E-state index < -0.39 is 11.8 Å². The Morgan fingerprint density at radius 2 is 1.77 bits per heavy atom. The summed E-state index contributed by atoms with van der Waals surface area (Å²) in [7, 11) is 0. The number of carbonyl (C=O) groups is 2. The van der Waals surface area contributed by atoms with Crippen LogP contribution in [0.5, 0.6) is 0 Å². The van der Waals surface area contributed by atoms with Crippen LogP contribution < -0.4 is 10.4 Å². The number of aliphatic carboxylic acids is 1. The molecule has 0 aromatic heterocycles. The van der Waals surface area contributed by atoms with E-state index in [9.17, 15) is 14.7 Å². The van der Waals surface area contributed by atoms with Crippen LogP contribution in [0.3, 0.4) is 0 Å². The number of carboxylic acids is 1. The summed E-state index contributed by atoms with van der Waals surface area (Å²) in [5.74, 6) is 4.58. The third-order valence-electron chi connectivity index (χ3n) is 5.76.